The molecule has 42 heavy (non-hydrogen) atoms. The Hall–Kier alpha value is -3.51. The molecule has 5 rings (SSSR count). The minimum Gasteiger partial charge on any atom is -0.450 e. The average Bonchev–Trinajstić information content (AvgIpc) is 3.24. The Labute approximate surface area is 246 Å². The summed E-state index contributed by atoms with van der Waals surface area (Å²) < 4.78 is 5.22. The lowest BCUT2D eigenvalue weighted by atomic mass is 10.0. The van der Waals surface area contributed by atoms with Gasteiger partial charge in [-0.15, -0.1) is 0 Å². The number of anilines is 1. The van der Waals surface area contributed by atoms with Crippen LogP contribution in [0.5, 0.6) is 0 Å². The number of carbonyl (C=O) groups excluding carboxylic acids is 5. The second-order valence-corrected chi connectivity index (χ2v) is 11.6. The highest BCUT2D eigenvalue weighted by atomic mass is 16.5. The summed E-state index contributed by atoms with van der Waals surface area (Å²) in [4.78, 5) is 70.6. The van der Waals surface area contributed by atoms with Gasteiger partial charge in [0.15, 0.2) is 0 Å². The number of imide groups is 2. The lowest BCUT2D eigenvalue weighted by Crippen LogP contribution is -2.54. The number of benzene rings is 1. The van der Waals surface area contributed by atoms with Crippen molar-refractivity contribution in [3.63, 3.8) is 0 Å². The average molecular weight is 583 g/mol. The fourth-order valence-corrected chi connectivity index (χ4v) is 6.31. The predicted molar refractivity (Wildman–Crippen MR) is 155 cm³/mol. The largest absolute Gasteiger partial charge is 0.450 e. The number of likely N-dealkylation sites (tertiary alicyclic amines) is 1. The number of piperidine rings is 2. The Morgan fingerprint density at radius 1 is 0.929 bits per heavy atom. The third-order valence-electron chi connectivity index (χ3n) is 8.75. The maximum atomic E-state index is 13.5. The highest BCUT2D eigenvalue weighted by molar-refractivity contribution is 6.25. The van der Waals surface area contributed by atoms with Crippen molar-refractivity contribution in [3.8, 4) is 0 Å². The van der Waals surface area contributed by atoms with Crippen LogP contribution in [0.15, 0.2) is 18.2 Å². The number of ether oxygens (including phenoxy) is 1. The van der Waals surface area contributed by atoms with Crippen LogP contribution in [0.3, 0.4) is 0 Å². The van der Waals surface area contributed by atoms with Crippen LogP contribution in [0.2, 0.25) is 0 Å². The Morgan fingerprint density at radius 3 is 2.33 bits per heavy atom. The van der Waals surface area contributed by atoms with E-state index in [2.05, 4.69) is 32.3 Å². The zero-order chi connectivity index (χ0) is 29.6. The zero-order valence-electron chi connectivity index (χ0n) is 24.4. The van der Waals surface area contributed by atoms with Gasteiger partial charge in [0.1, 0.15) is 6.04 Å². The molecule has 12 nitrogen and oxygen atoms in total. The summed E-state index contributed by atoms with van der Waals surface area (Å²) in [6, 6.07) is 4.51. The lowest BCUT2D eigenvalue weighted by Gasteiger charge is -2.37. The van der Waals surface area contributed by atoms with Crippen molar-refractivity contribution in [2.45, 2.75) is 64.0 Å². The minimum atomic E-state index is -0.964. The van der Waals surface area contributed by atoms with E-state index < -0.39 is 23.8 Å². The van der Waals surface area contributed by atoms with Crippen molar-refractivity contribution in [2.75, 3.05) is 63.9 Å². The lowest BCUT2D eigenvalue weighted by molar-refractivity contribution is -0.136. The van der Waals surface area contributed by atoms with Gasteiger partial charge in [0.25, 0.3) is 11.8 Å². The van der Waals surface area contributed by atoms with E-state index in [1.807, 2.05) is 6.07 Å². The number of nitrogens with zero attached hydrogens (tertiary/aromatic N) is 4. The number of carbonyl (C=O) groups is 5. The quantitative estimate of drug-likeness (QED) is 0.312. The summed E-state index contributed by atoms with van der Waals surface area (Å²) in [5, 5.41) is 5.24. The summed E-state index contributed by atoms with van der Waals surface area (Å²) >= 11 is 0. The van der Waals surface area contributed by atoms with Gasteiger partial charge in [0.05, 0.1) is 23.4 Å². The van der Waals surface area contributed by atoms with Crippen molar-refractivity contribution >= 4 is 35.4 Å². The second-order valence-electron chi connectivity index (χ2n) is 11.6. The maximum absolute atomic E-state index is 13.5. The first kappa shape index (κ1) is 30.0. The van der Waals surface area contributed by atoms with Crippen LogP contribution in [0, 0.1) is 0 Å². The van der Waals surface area contributed by atoms with E-state index in [0.717, 1.165) is 95.0 Å². The molecule has 3 saturated heterocycles. The zero-order valence-corrected chi connectivity index (χ0v) is 24.4. The van der Waals surface area contributed by atoms with Crippen LogP contribution >= 0.6 is 0 Å². The maximum Gasteiger partial charge on any atom is 0.407 e. The Balaban J connectivity index is 1.06. The van der Waals surface area contributed by atoms with Gasteiger partial charge in [-0.2, -0.15) is 0 Å². The molecule has 12 heteroatoms. The molecular formula is C30H42N6O6. The van der Waals surface area contributed by atoms with Crippen molar-refractivity contribution in [2.24, 2.45) is 0 Å². The molecular weight excluding hydrogens is 540 g/mol. The molecule has 2 N–H and O–H groups in total. The molecule has 0 saturated carbocycles. The summed E-state index contributed by atoms with van der Waals surface area (Å²) in [6.45, 7) is 9.68. The van der Waals surface area contributed by atoms with Gasteiger partial charge in [0.2, 0.25) is 11.8 Å². The third-order valence-corrected chi connectivity index (χ3v) is 8.75. The van der Waals surface area contributed by atoms with Gasteiger partial charge in [-0.1, -0.05) is 19.4 Å². The van der Waals surface area contributed by atoms with Gasteiger partial charge in [-0.05, 0) is 57.3 Å². The fourth-order valence-electron chi connectivity index (χ4n) is 6.31. The molecule has 0 aromatic heterocycles. The summed E-state index contributed by atoms with van der Waals surface area (Å²) in [5.41, 5.74) is 1.40. The molecule has 4 aliphatic heterocycles. The van der Waals surface area contributed by atoms with E-state index >= 15 is 0 Å². The normalized spacial score (nSPS) is 22.4. The molecule has 0 aliphatic carbocycles. The smallest absolute Gasteiger partial charge is 0.407 e. The van der Waals surface area contributed by atoms with Crippen molar-refractivity contribution in [1.29, 1.82) is 0 Å². The highest BCUT2D eigenvalue weighted by Crippen LogP contribution is 2.34. The monoisotopic (exact) mass is 582 g/mol. The minimum absolute atomic E-state index is 0.101. The fraction of sp³-hybridized carbons (Fsp3) is 0.633. The van der Waals surface area contributed by atoms with Crippen molar-refractivity contribution in [1.82, 2.24) is 25.3 Å². The Morgan fingerprint density at radius 2 is 1.64 bits per heavy atom. The molecule has 1 aromatic rings. The molecule has 1 atom stereocenters. The third kappa shape index (κ3) is 6.75. The van der Waals surface area contributed by atoms with Crippen LogP contribution in [-0.4, -0.2) is 115 Å². The molecule has 0 spiro atoms. The first-order valence-electron chi connectivity index (χ1n) is 15.3. The number of amides is 5. The second kappa shape index (κ2) is 13.6. The first-order valence-corrected chi connectivity index (χ1v) is 15.3. The number of rotatable bonds is 10. The molecule has 3 fully saturated rings. The van der Waals surface area contributed by atoms with E-state index in [1.165, 1.54) is 0 Å². The SMILES string of the molecule is CCCCOC(=O)NC1CCN(CCCN2CCN(c3cccc4c3C(=O)N(C3CCC(=O)NC3=O)C4=O)CC2)CC1. The topological polar surface area (TPSA) is 132 Å². The number of hydrogen-bond donors (Lipinski definition) is 2. The van der Waals surface area contributed by atoms with Crippen LogP contribution in [0.1, 0.15) is 72.6 Å². The highest BCUT2D eigenvalue weighted by Gasteiger charge is 2.46. The van der Waals surface area contributed by atoms with Crippen LogP contribution in [-0.2, 0) is 14.3 Å². The molecule has 0 radical (unpaired) electrons. The summed E-state index contributed by atoms with van der Waals surface area (Å²) in [5.74, 6) is -1.92. The van der Waals surface area contributed by atoms with Gasteiger partial charge in [-0.3, -0.25) is 34.3 Å². The Bertz CT molecular complexity index is 1190. The van der Waals surface area contributed by atoms with Gasteiger partial charge >= 0.3 is 6.09 Å². The molecule has 228 valence electrons. The molecule has 1 unspecified atom stereocenters. The Kier molecular flexibility index (Phi) is 9.73. The van der Waals surface area contributed by atoms with Crippen LogP contribution in [0.25, 0.3) is 0 Å². The summed E-state index contributed by atoms with van der Waals surface area (Å²) in [6.07, 6.45) is 4.77. The van der Waals surface area contributed by atoms with Crippen LogP contribution < -0.4 is 15.5 Å². The number of hydrogen-bond acceptors (Lipinski definition) is 9. The summed E-state index contributed by atoms with van der Waals surface area (Å²) in [7, 11) is 0. The van der Waals surface area contributed by atoms with E-state index in [9.17, 15) is 24.0 Å². The number of unbranched alkanes of at least 4 members (excludes halogenated alkanes) is 1. The van der Waals surface area contributed by atoms with Crippen LogP contribution in [0.4, 0.5) is 10.5 Å². The van der Waals surface area contributed by atoms with Gasteiger partial charge in [-0.25, -0.2) is 4.79 Å². The molecule has 0 bridgehead atoms. The van der Waals surface area contributed by atoms with E-state index in [1.54, 1.807) is 12.1 Å². The van der Waals surface area contributed by atoms with E-state index in [0.29, 0.717) is 17.7 Å². The van der Waals surface area contributed by atoms with Crippen molar-refractivity contribution in [3.05, 3.63) is 29.3 Å². The molecule has 1 aromatic carbocycles. The van der Waals surface area contributed by atoms with E-state index in [-0.39, 0.29) is 30.9 Å². The number of nitrogens with one attached hydrogen (secondary N) is 2. The molecule has 5 amide bonds. The van der Waals surface area contributed by atoms with E-state index in [4.69, 9.17) is 4.74 Å². The first-order chi connectivity index (χ1) is 20.4. The van der Waals surface area contributed by atoms with Gasteiger partial charge in [0, 0.05) is 51.7 Å². The molecule has 4 aliphatic rings. The van der Waals surface area contributed by atoms with Gasteiger partial charge < -0.3 is 19.9 Å². The molecule has 4 heterocycles. The van der Waals surface area contributed by atoms with Crippen molar-refractivity contribution < 1.29 is 28.7 Å². The number of fused-ring (bicyclic) bond motifs is 1. The predicted octanol–water partition coefficient (Wildman–Crippen LogP) is 1.59. The number of piperazine rings is 1. The standard InChI is InChI=1S/C30H42N6O6/c1-2-3-20-42-30(41)31-21-10-14-33(15-11-21)12-5-13-34-16-18-35(19-17-34)23-7-4-6-22-26(23)29(40)36(28(22)39)24-8-9-25(37)32-27(24)38/h4,6-7,21,24H,2-3,5,8-20H2,1H3,(H,31,41)(H,32,37,38). The number of alkyl carbamates (subject to hydrolysis) is 1.